The summed E-state index contributed by atoms with van der Waals surface area (Å²) in [5.74, 6) is 0.634. The fourth-order valence-corrected chi connectivity index (χ4v) is 3.52. The molecule has 0 saturated carbocycles. The van der Waals surface area contributed by atoms with Crippen molar-refractivity contribution >= 4 is 51.7 Å². The van der Waals surface area contributed by atoms with Crippen LogP contribution in [0.15, 0.2) is 64.5 Å². The molecule has 23 heavy (non-hydrogen) atoms. The van der Waals surface area contributed by atoms with Gasteiger partial charge in [0.2, 0.25) is 5.96 Å². The summed E-state index contributed by atoms with van der Waals surface area (Å²) in [5.41, 5.74) is 1.47. The Morgan fingerprint density at radius 3 is 2.83 bits per heavy atom. The number of phenols is 1. The maximum Gasteiger partial charge on any atom is 0.211 e. The van der Waals surface area contributed by atoms with Crippen molar-refractivity contribution in [1.82, 2.24) is 4.72 Å². The molecule has 3 N–H and O–H groups in total. The van der Waals surface area contributed by atoms with E-state index in [1.54, 1.807) is 6.07 Å². The van der Waals surface area contributed by atoms with Gasteiger partial charge >= 0.3 is 0 Å². The molecule has 0 aliphatic carbocycles. The Morgan fingerprint density at radius 1 is 1.09 bits per heavy atom. The third kappa shape index (κ3) is 2.69. The smallest absolute Gasteiger partial charge is 0.211 e. The third-order valence-electron chi connectivity index (χ3n) is 3.54. The zero-order valence-corrected chi connectivity index (χ0v) is 13.4. The fourth-order valence-electron chi connectivity index (χ4n) is 2.50. The summed E-state index contributed by atoms with van der Waals surface area (Å²) in [5, 5.41) is 16.1. The molecule has 4 nitrogen and oxygen atoms in total. The molecule has 0 spiro atoms. The van der Waals surface area contributed by atoms with Crippen LogP contribution in [0.25, 0.3) is 10.8 Å². The number of fused-ring (bicyclic) bond motifs is 2. The number of hydrogen-bond acceptors (Lipinski definition) is 5. The lowest BCUT2D eigenvalue weighted by molar-refractivity contribution is 0.475. The molecule has 3 aromatic rings. The maximum atomic E-state index is 10.0. The highest BCUT2D eigenvalue weighted by molar-refractivity contribution is 7.98. The molecule has 0 radical (unpaired) electrons. The van der Waals surface area contributed by atoms with Gasteiger partial charge in [-0.05, 0) is 29.5 Å². The molecule has 4 rings (SSSR count). The summed E-state index contributed by atoms with van der Waals surface area (Å²) < 4.78 is 3.13. The van der Waals surface area contributed by atoms with E-state index in [1.807, 2.05) is 24.3 Å². The molecule has 0 bridgehead atoms. The Labute approximate surface area is 142 Å². The van der Waals surface area contributed by atoms with Gasteiger partial charge in [0.25, 0.3) is 0 Å². The number of aliphatic imine (C=N–C) groups is 1. The number of nitrogens with zero attached hydrogens (tertiary/aromatic N) is 1. The first-order valence-corrected chi connectivity index (χ1v) is 8.19. The van der Waals surface area contributed by atoms with Crippen molar-refractivity contribution in [3.63, 3.8) is 0 Å². The molecule has 0 atom stereocenters. The average Bonchev–Trinajstić information content (AvgIpc) is 2.56. The Balaban J connectivity index is 1.73. The summed E-state index contributed by atoms with van der Waals surface area (Å²) >= 11 is 7.31. The molecular weight excluding hydrogens is 330 g/mol. The first-order chi connectivity index (χ1) is 11.2. The van der Waals surface area contributed by atoms with E-state index in [2.05, 4.69) is 33.2 Å². The van der Waals surface area contributed by atoms with Crippen molar-refractivity contribution in [3.8, 4) is 5.75 Å². The highest BCUT2D eigenvalue weighted by atomic mass is 35.5. The lowest BCUT2D eigenvalue weighted by Crippen LogP contribution is -2.26. The second-order valence-corrected chi connectivity index (χ2v) is 6.37. The van der Waals surface area contributed by atoms with Gasteiger partial charge in [0.05, 0.1) is 4.90 Å². The van der Waals surface area contributed by atoms with Crippen LogP contribution in [-0.2, 0) is 0 Å². The zero-order chi connectivity index (χ0) is 15.8. The van der Waals surface area contributed by atoms with Crippen LogP contribution in [0.1, 0.15) is 0 Å². The van der Waals surface area contributed by atoms with Gasteiger partial charge in [-0.1, -0.05) is 48.0 Å². The number of phenolic OH excluding ortho intramolecular Hbond substituents is 1. The SMILES string of the molecule is Oc1cc(Cl)cc2c1N=C(Nc1cccc3ccccc13)NS2. The van der Waals surface area contributed by atoms with E-state index in [-0.39, 0.29) is 5.75 Å². The number of guanidine groups is 1. The maximum absolute atomic E-state index is 10.0. The molecule has 0 amide bonds. The molecule has 114 valence electrons. The van der Waals surface area contributed by atoms with Crippen LogP contribution >= 0.6 is 23.5 Å². The minimum atomic E-state index is 0.0683. The van der Waals surface area contributed by atoms with Gasteiger partial charge in [-0.25, -0.2) is 4.99 Å². The van der Waals surface area contributed by atoms with Crippen molar-refractivity contribution < 1.29 is 5.11 Å². The van der Waals surface area contributed by atoms with E-state index in [0.717, 1.165) is 21.4 Å². The Bertz CT molecular complexity index is 937. The van der Waals surface area contributed by atoms with E-state index in [9.17, 15) is 5.11 Å². The number of benzene rings is 3. The lowest BCUT2D eigenvalue weighted by Gasteiger charge is -2.19. The molecule has 0 aromatic heterocycles. The van der Waals surface area contributed by atoms with E-state index in [0.29, 0.717) is 16.7 Å². The lowest BCUT2D eigenvalue weighted by atomic mass is 10.1. The molecule has 1 aliphatic heterocycles. The minimum absolute atomic E-state index is 0.0683. The summed E-state index contributed by atoms with van der Waals surface area (Å²) in [6.45, 7) is 0. The molecular formula is C17H12ClN3OS. The highest BCUT2D eigenvalue weighted by Crippen LogP contribution is 2.41. The van der Waals surface area contributed by atoms with Gasteiger partial charge in [-0.2, -0.15) is 0 Å². The molecule has 1 heterocycles. The number of halogens is 1. The van der Waals surface area contributed by atoms with Crippen LogP contribution in [0.4, 0.5) is 11.4 Å². The number of rotatable bonds is 1. The van der Waals surface area contributed by atoms with Crippen LogP contribution in [0, 0.1) is 0 Å². The number of hydrogen-bond donors (Lipinski definition) is 3. The predicted molar refractivity (Wildman–Crippen MR) is 96.8 cm³/mol. The van der Waals surface area contributed by atoms with Gasteiger partial charge in [-0.3, -0.25) is 4.72 Å². The number of aromatic hydroxyl groups is 1. The topological polar surface area (TPSA) is 56.7 Å². The first kappa shape index (κ1) is 14.2. The molecule has 3 aromatic carbocycles. The van der Waals surface area contributed by atoms with Gasteiger partial charge in [0.1, 0.15) is 11.4 Å². The van der Waals surface area contributed by atoms with E-state index in [4.69, 9.17) is 11.6 Å². The normalized spacial score (nSPS) is 13.2. The van der Waals surface area contributed by atoms with Crippen molar-refractivity contribution in [2.24, 2.45) is 4.99 Å². The molecule has 0 unspecified atom stereocenters. The second-order valence-electron chi connectivity index (χ2n) is 5.09. The van der Waals surface area contributed by atoms with Gasteiger partial charge in [0, 0.05) is 22.2 Å². The number of nitrogens with one attached hydrogen (secondary N) is 2. The molecule has 0 fully saturated rings. The monoisotopic (exact) mass is 341 g/mol. The summed E-state index contributed by atoms with van der Waals surface area (Å²) in [6, 6.07) is 17.4. The van der Waals surface area contributed by atoms with Crippen molar-refractivity contribution in [3.05, 3.63) is 59.6 Å². The summed E-state index contributed by atoms with van der Waals surface area (Å²) in [6.07, 6.45) is 0. The Kier molecular flexibility index (Phi) is 3.52. The third-order valence-corrected chi connectivity index (χ3v) is 4.59. The van der Waals surface area contributed by atoms with Crippen molar-refractivity contribution in [2.75, 3.05) is 5.32 Å². The Hall–Kier alpha value is -2.37. The van der Waals surface area contributed by atoms with Gasteiger partial charge < -0.3 is 10.4 Å². The van der Waals surface area contributed by atoms with E-state index >= 15 is 0 Å². The van der Waals surface area contributed by atoms with Crippen LogP contribution in [0.2, 0.25) is 5.02 Å². The van der Waals surface area contributed by atoms with Gasteiger partial charge in [-0.15, -0.1) is 0 Å². The quantitative estimate of drug-likeness (QED) is 0.550. The predicted octanol–water partition coefficient (Wildman–Crippen LogP) is 4.91. The van der Waals surface area contributed by atoms with E-state index < -0.39 is 0 Å². The van der Waals surface area contributed by atoms with E-state index in [1.165, 1.54) is 18.0 Å². The van der Waals surface area contributed by atoms with Crippen LogP contribution in [0.5, 0.6) is 5.75 Å². The largest absolute Gasteiger partial charge is 0.506 e. The van der Waals surface area contributed by atoms with Crippen LogP contribution in [0.3, 0.4) is 0 Å². The summed E-state index contributed by atoms with van der Waals surface area (Å²) in [4.78, 5) is 5.24. The Morgan fingerprint density at radius 2 is 1.91 bits per heavy atom. The second kappa shape index (κ2) is 5.68. The van der Waals surface area contributed by atoms with Crippen LogP contribution in [-0.4, -0.2) is 11.1 Å². The average molecular weight is 342 g/mol. The van der Waals surface area contributed by atoms with Crippen LogP contribution < -0.4 is 10.0 Å². The van der Waals surface area contributed by atoms with Gasteiger partial charge in [0.15, 0.2) is 0 Å². The standard InChI is InChI=1S/C17H12ClN3OS/c18-11-8-14(22)16-15(9-11)23-21-17(20-16)19-13-7-3-5-10-4-1-2-6-12(10)13/h1-9,22H,(H2,19,20,21). The minimum Gasteiger partial charge on any atom is -0.506 e. The highest BCUT2D eigenvalue weighted by Gasteiger charge is 2.17. The molecule has 1 aliphatic rings. The van der Waals surface area contributed by atoms with Crippen molar-refractivity contribution in [2.45, 2.75) is 4.90 Å². The first-order valence-electron chi connectivity index (χ1n) is 6.99. The summed E-state index contributed by atoms with van der Waals surface area (Å²) in [7, 11) is 0. The zero-order valence-electron chi connectivity index (χ0n) is 11.9. The van der Waals surface area contributed by atoms with Crippen molar-refractivity contribution in [1.29, 1.82) is 0 Å². The molecule has 0 saturated heterocycles. The fraction of sp³-hybridized carbons (Fsp3) is 0. The molecule has 6 heteroatoms. The number of anilines is 1.